The normalized spacial score (nSPS) is 10.3. The van der Waals surface area contributed by atoms with Gasteiger partial charge in [0.1, 0.15) is 5.75 Å². The summed E-state index contributed by atoms with van der Waals surface area (Å²) < 4.78 is 5.41. The van der Waals surface area contributed by atoms with E-state index in [2.05, 4.69) is 10.6 Å². The molecule has 0 fully saturated rings. The Balaban J connectivity index is 2.46. The molecule has 4 N–H and O–H groups in total. The molecule has 5 heteroatoms. The fraction of sp³-hybridized carbons (Fsp3) is 0.500. The van der Waals surface area contributed by atoms with Gasteiger partial charge in [-0.05, 0) is 26.8 Å². The van der Waals surface area contributed by atoms with Gasteiger partial charge in [-0.3, -0.25) is 4.79 Å². The Morgan fingerprint density at radius 1 is 1.37 bits per heavy atom. The van der Waals surface area contributed by atoms with Crippen LogP contribution in [0.1, 0.15) is 27.2 Å². The molecule has 0 heterocycles. The van der Waals surface area contributed by atoms with Crippen LogP contribution >= 0.6 is 0 Å². The zero-order chi connectivity index (χ0) is 14.3. The van der Waals surface area contributed by atoms with Gasteiger partial charge >= 0.3 is 0 Å². The van der Waals surface area contributed by atoms with E-state index in [-0.39, 0.29) is 11.9 Å². The molecule has 1 aromatic carbocycles. The highest BCUT2D eigenvalue weighted by molar-refractivity contribution is 5.76. The lowest BCUT2D eigenvalue weighted by atomic mass is 10.2. The molecule has 0 atom stereocenters. The first-order valence-electron chi connectivity index (χ1n) is 6.58. The van der Waals surface area contributed by atoms with Gasteiger partial charge in [0, 0.05) is 42.5 Å². The van der Waals surface area contributed by atoms with E-state index in [0.717, 1.165) is 11.4 Å². The average Bonchev–Trinajstić information content (AvgIpc) is 2.27. The van der Waals surface area contributed by atoms with Crippen LogP contribution in [0, 0.1) is 0 Å². The van der Waals surface area contributed by atoms with Gasteiger partial charge < -0.3 is 21.1 Å². The number of nitrogens with one attached hydrogen (secondary N) is 2. The van der Waals surface area contributed by atoms with Crippen molar-refractivity contribution in [2.75, 3.05) is 24.2 Å². The standard InChI is InChI=1S/C14H23N3O2/c1-4-19-13-8-11(15)7-12(9-13)16-6-5-14(18)17-10(2)3/h7-10,16H,4-6,15H2,1-3H3,(H,17,18). The number of ether oxygens (including phenoxy) is 1. The highest BCUT2D eigenvalue weighted by Crippen LogP contribution is 2.22. The number of hydrogen-bond acceptors (Lipinski definition) is 4. The van der Waals surface area contributed by atoms with Crippen LogP contribution < -0.4 is 21.1 Å². The quantitative estimate of drug-likeness (QED) is 0.659. The molecule has 106 valence electrons. The van der Waals surface area contributed by atoms with Crippen LogP contribution in [0.3, 0.4) is 0 Å². The Kier molecular flexibility index (Phi) is 5.99. The molecule has 1 rings (SSSR count). The number of rotatable bonds is 7. The van der Waals surface area contributed by atoms with Crippen molar-refractivity contribution in [3.63, 3.8) is 0 Å². The Hall–Kier alpha value is -1.91. The van der Waals surface area contributed by atoms with E-state index in [0.29, 0.717) is 25.3 Å². The Morgan fingerprint density at radius 2 is 2.11 bits per heavy atom. The van der Waals surface area contributed by atoms with E-state index in [9.17, 15) is 4.79 Å². The van der Waals surface area contributed by atoms with E-state index in [4.69, 9.17) is 10.5 Å². The van der Waals surface area contributed by atoms with Gasteiger partial charge in [-0.2, -0.15) is 0 Å². The molecule has 0 saturated carbocycles. The van der Waals surface area contributed by atoms with Crippen molar-refractivity contribution in [2.24, 2.45) is 0 Å². The summed E-state index contributed by atoms with van der Waals surface area (Å²) in [6, 6.07) is 5.65. The van der Waals surface area contributed by atoms with Gasteiger partial charge in [0.25, 0.3) is 0 Å². The first-order chi connectivity index (χ1) is 9.01. The van der Waals surface area contributed by atoms with Gasteiger partial charge in [-0.15, -0.1) is 0 Å². The molecule has 0 aliphatic carbocycles. The highest BCUT2D eigenvalue weighted by Gasteiger charge is 2.04. The van der Waals surface area contributed by atoms with Crippen LogP contribution in [-0.2, 0) is 4.79 Å². The zero-order valence-electron chi connectivity index (χ0n) is 11.8. The lowest BCUT2D eigenvalue weighted by Gasteiger charge is -2.11. The molecule has 0 saturated heterocycles. The highest BCUT2D eigenvalue weighted by atomic mass is 16.5. The van der Waals surface area contributed by atoms with Crippen molar-refractivity contribution >= 4 is 17.3 Å². The van der Waals surface area contributed by atoms with E-state index < -0.39 is 0 Å². The molecule has 19 heavy (non-hydrogen) atoms. The average molecular weight is 265 g/mol. The second-order valence-electron chi connectivity index (χ2n) is 4.62. The summed E-state index contributed by atoms with van der Waals surface area (Å²) in [5.41, 5.74) is 7.29. The van der Waals surface area contributed by atoms with Gasteiger partial charge in [0.2, 0.25) is 5.91 Å². The molecule has 0 aliphatic rings. The van der Waals surface area contributed by atoms with E-state index >= 15 is 0 Å². The van der Waals surface area contributed by atoms with Gasteiger partial charge in [0.05, 0.1) is 6.61 Å². The van der Waals surface area contributed by atoms with Gasteiger partial charge in [-0.1, -0.05) is 0 Å². The monoisotopic (exact) mass is 265 g/mol. The molecule has 0 aliphatic heterocycles. The lowest BCUT2D eigenvalue weighted by molar-refractivity contribution is -0.121. The summed E-state index contributed by atoms with van der Waals surface area (Å²) in [6.45, 7) is 6.97. The first-order valence-corrected chi connectivity index (χ1v) is 6.58. The maximum atomic E-state index is 11.5. The van der Waals surface area contributed by atoms with Crippen molar-refractivity contribution in [3.05, 3.63) is 18.2 Å². The molecule has 1 aromatic rings. The predicted octanol–water partition coefficient (Wildman–Crippen LogP) is 1.99. The molecule has 0 radical (unpaired) electrons. The number of anilines is 2. The van der Waals surface area contributed by atoms with E-state index in [1.807, 2.05) is 32.9 Å². The number of hydrogen-bond donors (Lipinski definition) is 3. The molecular weight excluding hydrogens is 242 g/mol. The smallest absolute Gasteiger partial charge is 0.221 e. The lowest BCUT2D eigenvalue weighted by Crippen LogP contribution is -2.31. The summed E-state index contributed by atoms with van der Waals surface area (Å²) in [4.78, 5) is 11.5. The number of carbonyl (C=O) groups is 1. The predicted molar refractivity (Wildman–Crippen MR) is 78.4 cm³/mol. The zero-order valence-corrected chi connectivity index (χ0v) is 11.8. The summed E-state index contributed by atoms with van der Waals surface area (Å²) in [6.07, 6.45) is 0.428. The van der Waals surface area contributed by atoms with Crippen LogP contribution in [-0.4, -0.2) is 25.1 Å². The van der Waals surface area contributed by atoms with Gasteiger partial charge in [0.15, 0.2) is 0 Å². The summed E-state index contributed by atoms with van der Waals surface area (Å²) in [5.74, 6) is 0.771. The fourth-order valence-corrected chi connectivity index (χ4v) is 1.69. The maximum Gasteiger partial charge on any atom is 0.221 e. The first kappa shape index (κ1) is 15.1. The summed E-state index contributed by atoms with van der Waals surface area (Å²) >= 11 is 0. The van der Waals surface area contributed by atoms with Crippen LogP contribution in [0.2, 0.25) is 0 Å². The minimum absolute atomic E-state index is 0.0384. The Labute approximate surface area is 114 Å². The number of amides is 1. The molecule has 0 spiro atoms. The van der Waals surface area contributed by atoms with Crippen LogP contribution in [0.5, 0.6) is 5.75 Å². The third-order valence-corrected chi connectivity index (χ3v) is 2.37. The largest absolute Gasteiger partial charge is 0.494 e. The molecule has 0 bridgehead atoms. The van der Waals surface area contributed by atoms with Crippen molar-refractivity contribution in [2.45, 2.75) is 33.2 Å². The van der Waals surface area contributed by atoms with Crippen molar-refractivity contribution < 1.29 is 9.53 Å². The van der Waals surface area contributed by atoms with Crippen molar-refractivity contribution in [3.8, 4) is 5.75 Å². The Morgan fingerprint density at radius 3 is 2.74 bits per heavy atom. The Bertz CT molecular complexity index is 419. The van der Waals surface area contributed by atoms with Crippen LogP contribution in [0.25, 0.3) is 0 Å². The van der Waals surface area contributed by atoms with Crippen LogP contribution in [0.15, 0.2) is 18.2 Å². The topological polar surface area (TPSA) is 76.4 Å². The van der Waals surface area contributed by atoms with Crippen molar-refractivity contribution in [1.29, 1.82) is 0 Å². The third-order valence-electron chi connectivity index (χ3n) is 2.37. The summed E-state index contributed by atoms with van der Waals surface area (Å²) in [7, 11) is 0. The van der Waals surface area contributed by atoms with E-state index in [1.54, 1.807) is 6.07 Å². The number of nitrogens with two attached hydrogens (primary N) is 1. The van der Waals surface area contributed by atoms with Crippen molar-refractivity contribution in [1.82, 2.24) is 5.32 Å². The molecule has 5 nitrogen and oxygen atoms in total. The molecule has 0 aromatic heterocycles. The van der Waals surface area contributed by atoms with Crippen LogP contribution in [0.4, 0.5) is 11.4 Å². The van der Waals surface area contributed by atoms with Gasteiger partial charge in [-0.25, -0.2) is 0 Å². The molecule has 1 amide bonds. The molecular formula is C14H23N3O2. The maximum absolute atomic E-state index is 11.5. The minimum Gasteiger partial charge on any atom is -0.494 e. The fourth-order valence-electron chi connectivity index (χ4n) is 1.69. The molecule has 0 unspecified atom stereocenters. The number of nitrogen functional groups attached to an aromatic ring is 1. The second-order valence-corrected chi connectivity index (χ2v) is 4.62. The minimum atomic E-state index is 0.0384. The van der Waals surface area contributed by atoms with E-state index in [1.165, 1.54) is 0 Å². The second kappa shape index (κ2) is 7.51. The summed E-state index contributed by atoms with van der Waals surface area (Å²) in [5, 5.41) is 6.01. The number of carbonyl (C=O) groups excluding carboxylic acids is 1. The SMILES string of the molecule is CCOc1cc(N)cc(NCCC(=O)NC(C)C)c1. The number of benzene rings is 1. The third kappa shape index (κ3) is 5.99.